The lowest BCUT2D eigenvalue weighted by Crippen LogP contribution is -2.33. The smallest absolute Gasteiger partial charge is 0.273 e. The number of carbonyl (C=O) groups excluding carboxylic acids is 2. The molecule has 3 aromatic rings. The minimum Gasteiger partial charge on any atom is -0.355 e. The number of halogens is 3. The molecule has 6 nitrogen and oxygen atoms in total. The van der Waals surface area contributed by atoms with Gasteiger partial charge in [0.2, 0.25) is 5.91 Å². The van der Waals surface area contributed by atoms with Gasteiger partial charge < -0.3 is 15.2 Å². The number of rotatable bonds is 5. The zero-order chi connectivity index (χ0) is 18.7. The molecule has 0 saturated carbocycles. The van der Waals surface area contributed by atoms with Crippen LogP contribution in [0.15, 0.2) is 40.2 Å². The fraction of sp³-hybridized carbons (Fsp3) is 0.0625. The molecule has 0 spiro atoms. The molecule has 2 heterocycles. The zero-order valence-electron chi connectivity index (χ0n) is 12.9. The van der Waals surface area contributed by atoms with Gasteiger partial charge in [-0.2, -0.15) is 0 Å². The van der Waals surface area contributed by atoms with Crippen LogP contribution in [0.3, 0.4) is 0 Å². The van der Waals surface area contributed by atoms with Gasteiger partial charge in [0.15, 0.2) is 28.9 Å². The molecule has 0 saturated heterocycles. The Morgan fingerprint density at radius 3 is 2.69 bits per heavy atom. The summed E-state index contributed by atoms with van der Waals surface area (Å²) >= 11 is 1.40. The zero-order valence-corrected chi connectivity index (χ0v) is 13.7. The maximum atomic E-state index is 13.5. The van der Waals surface area contributed by atoms with E-state index in [2.05, 4.69) is 10.5 Å². The highest BCUT2D eigenvalue weighted by Crippen LogP contribution is 2.25. The van der Waals surface area contributed by atoms with Crippen LogP contribution in [0.4, 0.5) is 18.9 Å². The Hall–Kier alpha value is -3.14. The molecule has 0 aliphatic rings. The largest absolute Gasteiger partial charge is 0.355 e. The molecule has 0 fully saturated rings. The van der Waals surface area contributed by atoms with Crippen molar-refractivity contribution in [2.45, 2.75) is 0 Å². The van der Waals surface area contributed by atoms with E-state index in [0.29, 0.717) is 11.8 Å². The molecule has 2 aromatic heterocycles. The molecule has 0 atom stereocenters. The summed E-state index contributed by atoms with van der Waals surface area (Å²) in [5.41, 5.74) is -0.579. The number of aromatic nitrogens is 1. The van der Waals surface area contributed by atoms with Crippen LogP contribution in [-0.4, -0.2) is 23.5 Å². The minimum atomic E-state index is -1.70. The van der Waals surface area contributed by atoms with E-state index in [1.54, 1.807) is 6.07 Å². The molecule has 2 amide bonds. The first-order chi connectivity index (χ1) is 12.5. The van der Waals surface area contributed by atoms with E-state index in [1.807, 2.05) is 16.8 Å². The summed E-state index contributed by atoms with van der Waals surface area (Å²) in [4.78, 5) is 24.5. The predicted octanol–water partition coefficient (Wildman–Crippen LogP) is 3.19. The number of amides is 2. The van der Waals surface area contributed by atoms with Gasteiger partial charge in [-0.1, -0.05) is 11.2 Å². The van der Waals surface area contributed by atoms with E-state index in [-0.39, 0.29) is 5.69 Å². The summed E-state index contributed by atoms with van der Waals surface area (Å²) in [5, 5.41) is 9.74. The molecule has 0 unspecified atom stereocenters. The normalized spacial score (nSPS) is 10.6. The highest BCUT2D eigenvalue weighted by Gasteiger charge is 2.17. The Morgan fingerprint density at radius 1 is 1.15 bits per heavy atom. The van der Waals surface area contributed by atoms with Gasteiger partial charge in [0.1, 0.15) is 0 Å². The monoisotopic (exact) mass is 381 g/mol. The van der Waals surface area contributed by atoms with Crippen LogP contribution in [0.25, 0.3) is 10.6 Å². The van der Waals surface area contributed by atoms with Gasteiger partial charge in [-0.25, -0.2) is 13.2 Å². The Morgan fingerprint density at radius 2 is 1.96 bits per heavy atom. The maximum absolute atomic E-state index is 13.5. The second kappa shape index (κ2) is 7.40. The van der Waals surface area contributed by atoms with Gasteiger partial charge in [0.25, 0.3) is 5.91 Å². The third-order valence-electron chi connectivity index (χ3n) is 3.23. The third kappa shape index (κ3) is 3.75. The highest BCUT2D eigenvalue weighted by atomic mass is 32.1. The van der Waals surface area contributed by atoms with E-state index >= 15 is 0 Å². The van der Waals surface area contributed by atoms with E-state index in [4.69, 9.17) is 4.52 Å². The maximum Gasteiger partial charge on any atom is 0.273 e. The number of benzene rings is 1. The summed E-state index contributed by atoms with van der Waals surface area (Å²) in [6.45, 7) is -0.529. The number of thiophene rings is 1. The topological polar surface area (TPSA) is 84.2 Å². The van der Waals surface area contributed by atoms with Crippen LogP contribution >= 0.6 is 11.3 Å². The first kappa shape index (κ1) is 17.7. The Bertz CT molecular complexity index is 957. The molecular formula is C16H10F3N3O3S. The Balaban J connectivity index is 1.58. The molecule has 3 rings (SSSR count). The summed E-state index contributed by atoms with van der Waals surface area (Å²) in [7, 11) is 0. The van der Waals surface area contributed by atoms with Gasteiger partial charge in [0.05, 0.1) is 17.1 Å². The molecule has 2 N–H and O–H groups in total. The second-order valence-electron chi connectivity index (χ2n) is 5.01. The third-order valence-corrected chi connectivity index (χ3v) is 4.11. The average molecular weight is 381 g/mol. The fourth-order valence-corrected chi connectivity index (χ4v) is 2.66. The number of nitrogens with one attached hydrogen (secondary N) is 2. The molecule has 0 bridgehead atoms. The van der Waals surface area contributed by atoms with Crippen molar-refractivity contribution in [2.24, 2.45) is 0 Å². The molecule has 0 aliphatic heterocycles. The standard InChI is InChI=1S/C16H10F3N3O3S/c17-8-3-4-9(15(19)14(8)18)21-13(23)7-20-16(24)10-6-11(25-22-10)12-2-1-5-26-12/h1-6H,7H2,(H,20,24)(H,21,23). The lowest BCUT2D eigenvalue weighted by molar-refractivity contribution is -0.115. The molecular weight excluding hydrogens is 371 g/mol. The summed E-state index contributed by atoms with van der Waals surface area (Å²) in [6.07, 6.45) is 0. The van der Waals surface area contributed by atoms with Crippen LogP contribution in [0.2, 0.25) is 0 Å². The summed E-state index contributed by atoms with van der Waals surface area (Å²) < 4.78 is 44.5. The van der Waals surface area contributed by atoms with Crippen molar-refractivity contribution in [3.8, 4) is 10.6 Å². The lowest BCUT2D eigenvalue weighted by atomic mass is 10.2. The van der Waals surface area contributed by atoms with Gasteiger partial charge in [-0.15, -0.1) is 11.3 Å². The highest BCUT2D eigenvalue weighted by molar-refractivity contribution is 7.13. The number of carbonyl (C=O) groups is 2. The van der Waals surface area contributed by atoms with Crippen molar-refractivity contribution < 1.29 is 27.3 Å². The van der Waals surface area contributed by atoms with Crippen LogP contribution < -0.4 is 10.6 Å². The fourth-order valence-electron chi connectivity index (χ4n) is 1.99. The molecule has 134 valence electrons. The van der Waals surface area contributed by atoms with Crippen LogP contribution in [0.1, 0.15) is 10.5 Å². The minimum absolute atomic E-state index is 0.0415. The van der Waals surface area contributed by atoms with Gasteiger partial charge in [-0.05, 0) is 23.6 Å². The second-order valence-corrected chi connectivity index (χ2v) is 5.96. The Kier molecular flexibility index (Phi) is 5.03. The summed E-state index contributed by atoms with van der Waals surface area (Å²) in [6, 6.07) is 6.56. The number of nitrogens with zero attached hydrogens (tertiary/aromatic N) is 1. The van der Waals surface area contributed by atoms with E-state index in [1.165, 1.54) is 17.4 Å². The van der Waals surface area contributed by atoms with Crippen molar-refractivity contribution in [1.82, 2.24) is 10.5 Å². The van der Waals surface area contributed by atoms with Crippen LogP contribution in [0, 0.1) is 17.5 Å². The van der Waals surface area contributed by atoms with E-state index < -0.39 is 41.5 Å². The number of anilines is 1. The van der Waals surface area contributed by atoms with Gasteiger partial charge >= 0.3 is 0 Å². The molecule has 26 heavy (non-hydrogen) atoms. The van der Waals surface area contributed by atoms with Crippen molar-refractivity contribution in [3.63, 3.8) is 0 Å². The average Bonchev–Trinajstić information content (AvgIpc) is 3.31. The predicted molar refractivity (Wildman–Crippen MR) is 87.1 cm³/mol. The van der Waals surface area contributed by atoms with Crippen LogP contribution in [0.5, 0.6) is 0 Å². The first-order valence-electron chi connectivity index (χ1n) is 7.18. The quantitative estimate of drug-likeness (QED) is 0.665. The van der Waals surface area contributed by atoms with Crippen molar-refractivity contribution >= 4 is 28.8 Å². The number of hydrogen-bond donors (Lipinski definition) is 2. The van der Waals surface area contributed by atoms with E-state index in [9.17, 15) is 22.8 Å². The number of hydrogen-bond acceptors (Lipinski definition) is 5. The van der Waals surface area contributed by atoms with Gasteiger partial charge in [-0.3, -0.25) is 9.59 Å². The summed E-state index contributed by atoms with van der Waals surface area (Å²) in [5.74, 6) is -5.71. The van der Waals surface area contributed by atoms with Crippen LogP contribution in [-0.2, 0) is 4.79 Å². The SMILES string of the molecule is O=C(CNC(=O)c1cc(-c2cccs2)on1)Nc1ccc(F)c(F)c1F. The molecule has 0 radical (unpaired) electrons. The lowest BCUT2D eigenvalue weighted by Gasteiger charge is -2.07. The molecule has 0 aliphatic carbocycles. The molecule has 10 heteroatoms. The first-order valence-corrected chi connectivity index (χ1v) is 8.06. The molecule has 1 aromatic carbocycles. The Labute approximate surface area is 148 Å². The van der Waals surface area contributed by atoms with Crippen molar-refractivity contribution in [1.29, 1.82) is 0 Å². The van der Waals surface area contributed by atoms with Gasteiger partial charge in [0, 0.05) is 6.07 Å². The van der Waals surface area contributed by atoms with Crippen molar-refractivity contribution in [3.05, 3.63) is 58.9 Å². The van der Waals surface area contributed by atoms with E-state index in [0.717, 1.165) is 10.9 Å². The van der Waals surface area contributed by atoms with Crippen molar-refractivity contribution in [2.75, 3.05) is 11.9 Å².